The molecule has 3 atom stereocenters. The topological polar surface area (TPSA) is 83.0 Å². The number of pyridine rings is 1. The summed E-state index contributed by atoms with van der Waals surface area (Å²) in [6.45, 7) is 4.58. The molecule has 0 unspecified atom stereocenters. The number of carbonyl (C=O) groups is 2. The summed E-state index contributed by atoms with van der Waals surface area (Å²) in [5.74, 6) is 7.23. The standard InChI is InChI=1S/C27H37N3O4/c1-18-15-30(19(2)17-31)27(33)23-13-21(12-11-20-7-4-5-8-20)14-28-25(23)34-24(18)16-29(3)26(32)22-9-6-10-22/h13-14,18-20,22,24,31H,4-10,15-17H2,1-3H3/t18-,19+,24+/m0/s1. The zero-order chi connectivity index (χ0) is 24.2. The predicted molar refractivity (Wildman–Crippen MR) is 129 cm³/mol. The van der Waals surface area contributed by atoms with E-state index in [1.165, 1.54) is 12.8 Å². The minimum Gasteiger partial charge on any atom is -0.472 e. The van der Waals surface area contributed by atoms with Crippen molar-refractivity contribution in [1.29, 1.82) is 0 Å². The first-order valence-electron chi connectivity index (χ1n) is 12.7. The van der Waals surface area contributed by atoms with Crippen LogP contribution in [0.15, 0.2) is 12.3 Å². The van der Waals surface area contributed by atoms with Crippen LogP contribution < -0.4 is 4.74 Å². The summed E-state index contributed by atoms with van der Waals surface area (Å²) in [6.07, 6.45) is 9.06. The first kappa shape index (κ1) is 24.5. The van der Waals surface area contributed by atoms with E-state index in [4.69, 9.17) is 4.74 Å². The van der Waals surface area contributed by atoms with Gasteiger partial charge in [0.1, 0.15) is 11.7 Å². The van der Waals surface area contributed by atoms with E-state index in [2.05, 4.69) is 16.8 Å². The van der Waals surface area contributed by atoms with Crippen molar-refractivity contribution in [3.63, 3.8) is 0 Å². The second-order valence-corrected chi connectivity index (χ2v) is 10.3. The molecule has 2 amide bonds. The highest BCUT2D eigenvalue weighted by molar-refractivity contribution is 5.97. The van der Waals surface area contributed by atoms with Crippen LogP contribution in [0, 0.1) is 29.6 Å². The van der Waals surface area contributed by atoms with Crippen LogP contribution in [-0.4, -0.2) is 70.6 Å². The molecule has 2 aliphatic carbocycles. The summed E-state index contributed by atoms with van der Waals surface area (Å²) < 4.78 is 6.30. The Hall–Kier alpha value is -2.59. The second kappa shape index (κ2) is 10.8. The summed E-state index contributed by atoms with van der Waals surface area (Å²) >= 11 is 0. The quantitative estimate of drug-likeness (QED) is 0.673. The molecule has 7 heteroatoms. The molecule has 0 spiro atoms. The van der Waals surface area contributed by atoms with Crippen molar-refractivity contribution in [3.8, 4) is 17.7 Å². The van der Waals surface area contributed by atoms with Crippen LogP contribution in [0.25, 0.3) is 0 Å². The zero-order valence-corrected chi connectivity index (χ0v) is 20.6. The number of amides is 2. The minimum atomic E-state index is -0.343. The van der Waals surface area contributed by atoms with Gasteiger partial charge in [-0.15, -0.1) is 0 Å². The smallest absolute Gasteiger partial charge is 0.259 e. The summed E-state index contributed by atoms with van der Waals surface area (Å²) in [5.41, 5.74) is 1.06. The van der Waals surface area contributed by atoms with E-state index < -0.39 is 0 Å². The highest BCUT2D eigenvalue weighted by Gasteiger charge is 2.36. The fourth-order valence-electron chi connectivity index (χ4n) is 4.97. The third-order valence-corrected chi connectivity index (χ3v) is 7.58. The number of nitrogens with zero attached hydrogens (tertiary/aromatic N) is 3. The van der Waals surface area contributed by atoms with Gasteiger partial charge in [-0.05, 0) is 38.7 Å². The van der Waals surface area contributed by atoms with Gasteiger partial charge in [-0.2, -0.15) is 0 Å². The molecule has 1 aromatic rings. The first-order chi connectivity index (χ1) is 16.4. The van der Waals surface area contributed by atoms with E-state index in [9.17, 15) is 14.7 Å². The number of likely N-dealkylation sites (N-methyl/N-ethyl adjacent to an activating group) is 1. The largest absolute Gasteiger partial charge is 0.472 e. The molecule has 7 nitrogen and oxygen atoms in total. The van der Waals surface area contributed by atoms with Gasteiger partial charge in [0.05, 0.1) is 19.2 Å². The van der Waals surface area contributed by atoms with Gasteiger partial charge in [0.2, 0.25) is 11.8 Å². The Morgan fingerprint density at radius 2 is 2.03 bits per heavy atom. The Morgan fingerprint density at radius 1 is 1.29 bits per heavy atom. The number of aromatic nitrogens is 1. The molecule has 2 heterocycles. The van der Waals surface area contributed by atoms with Crippen molar-refractivity contribution in [2.45, 2.75) is 70.9 Å². The molecule has 34 heavy (non-hydrogen) atoms. The summed E-state index contributed by atoms with van der Waals surface area (Å²) in [7, 11) is 1.82. The summed E-state index contributed by atoms with van der Waals surface area (Å²) in [5, 5.41) is 9.82. The predicted octanol–water partition coefficient (Wildman–Crippen LogP) is 3.10. The van der Waals surface area contributed by atoms with Crippen molar-refractivity contribution in [2.24, 2.45) is 17.8 Å². The van der Waals surface area contributed by atoms with Crippen LogP contribution in [0.4, 0.5) is 0 Å². The lowest BCUT2D eigenvalue weighted by atomic mass is 9.84. The van der Waals surface area contributed by atoms with Gasteiger partial charge in [0.25, 0.3) is 5.91 Å². The van der Waals surface area contributed by atoms with Crippen LogP contribution in [0.1, 0.15) is 74.7 Å². The number of ether oxygens (including phenoxy) is 1. The molecule has 3 aliphatic rings. The lowest BCUT2D eigenvalue weighted by molar-refractivity contribution is -0.138. The molecule has 0 saturated heterocycles. The Labute approximate surface area is 202 Å². The third-order valence-electron chi connectivity index (χ3n) is 7.58. The van der Waals surface area contributed by atoms with Crippen LogP contribution in [0.3, 0.4) is 0 Å². The minimum absolute atomic E-state index is 0.0497. The molecule has 4 rings (SSSR count). The molecule has 184 valence electrons. The lowest BCUT2D eigenvalue weighted by Crippen LogP contribution is -2.51. The van der Waals surface area contributed by atoms with Crippen LogP contribution in [0.2, 0.25) is 0 Å². The van der Waals surface area contributed by atoms with E-state index in [-0.39, 0.29) is 48.3 Å². The van der Waals surface area contributed by atoms with Crippen LogP contribution in [0.5, 0.6) is 5.88 Å². The Bertz CT molecular complexity index is 958. The molecule has 0 radical (unpaired) electrons. The molecular weight excluding hydrogens is 430 g/mol. The number of aliphatic hydroxyl groups excluding tert-OH is 1. The second-order valence-electron chi connectivity index (χ2n) is 10.3. The average Bonchev–Trinajstić information content (AvgIpc) is 3.32. The van der Waals surface area contributed by atoms with Crippen molar-refractivity contribution < 1.29 is 19.4 Å². The highest BCUT2D eigenvalue weighted by atomic mass is 16.5. The van der Waals surface area contributed by atoms with Gasteiger partial charge >= 0.3 is 0 Å². The van der Waals surface area contributed by atoms with E-state index in [1.807, 2.05) is 20.9 Å². The first-order valence-corrected chi connectivity index (χ1v) is 12.7. The van der Waals surface area contributed by atoms with E-state index in [0.717, 1.165) is 32.1 Å². The molecule has 1 aromatic heterocycles. The maximum absolute atomic E-state index is 13.5. The Balaban J connectivity index is 1.61. The fraction of sp³-hybridized carbons (Fsp3) is 0.667. The zero-order valence-electron chi connectivity index (χ0n) is 20.6. The molecule has 2 fully saturated rings. The van der Waals surface area contributed by atoms with E-state index >= 15 is 0 Å². The molecule has 2 saturated carbocycles. The number of carbonyl (C=O) groups excluding carboxylic acids is 2. The fourth-order valence-corrected chi connectivity index (χ4v) is 4.97. The SMILES string of the molecule is C[C@H](CO)N1C[C@H](C)[C@@H](CN(C)C(=O)C2CCC2)Oc2ncc(C#CC3CCCC3)cc2C1=O. The van der Waals surface area contributed by atoms with E-state index in [1.54, 1.807) is 22.1 Å². The molecule has 0 aromatic carbocycles. The molecule has 1 N–H and O–H groups in total. The number of rotatable bonds is 5. The van der Waals surface area contributed by atoms with Gasteiger partial charge in [0.15, 0.2) is 0 Å². The Morgan fingerprint density at radius 3 is 2.68 bits per heavy atom. The Kier molecular flexibility index (Phi) is 7.77. The normalized spacial score (nSPS) is 24.1. The van der Waals surface area contributed by atoms with Crippen molar-refractivity contribution >= 4 is 11.8 Å². The lowest BCUT2D eigenvalue weighted by Gasteiger charge is -2.38. The van der Waals surface area contributed by atoms with Gasteiger partial charge in [-0.25, -0.2) is 4.98 Å². The van der Waals surface area contributed by atoms with Crippen molar-refractivity contribution in [1.82, 2.24) is 14.8 Å². The molecule has 0 bridgehead atoms. The maximum atomic E-state index is 13.5. The van der Waals surface area contributed by atoms with E-state index in [0.29, 0.717) is 30.1 Å². The molecular formula is C27H37N3O4. The number of aliphatic hydroxyl groups is 1. The van der Waals surface area contributed by atoms with Gasteiger partial charge in [-0.1, -0.05) is 38.0 Å². The summed E-state index contributed by atoms with van der Waals surface area (Å²) in [4.78, 5) is 34.2. The van der Waals surface area contributed by atoms with Gasteiger partial charge in [-0.3, -0.25) is 9.59 Å². The summed E-state index contributed by atoms with van der Waals surface area (Å²) in [6, 6.07) is 1.42. The number of hydrogen-bond acceptors (Lipinski definition) is 5. The monoisotopic (exact) mass is 467 g/mol. The van der Waals surface area contributed by atoms with Crippen molar-refractivity contribution in [3.05, 3.63) is 23.4 Å². The number of fused-ring (bicyclic) bond motifs is 1. The maximum Gasteiger partial charge on any atom is 0.259 e. The van der Waals surface area contributed by atoms with Gasteiger partial charge < -0.3 is 19.6 Å². The van der Waals surface area contributed by atoms with Crippen molar-refractivity contribution in [2.75, 3.05) is 26.7 Å². The number of hydrogen-bond donors (Lipinski definition) is 1. The molecule has 1 aliphatic heterocycles. The highest BCUT2D eigenvalue weighted by Crippen LogP contribution is 2.30. The van der Waals surface area contributed by atoms with Crippen LogP contribution >= 0.6 is 0 Å². The van der Waals surface area contributed by atoms with Crippen LogP contribution in [-0.2, 0) is 4.79 Å². The average molecular weight is 468 g/mol. The van der Waals surface area contributed by atoms with Gasteiger partial charge in [0, 0.05) is 43.1 Å². The third kappa shape index (κ3) is 5.38.